The van der Waals surface area contributed by atoms with Gasteiger partial charge in [-0.05, 0) is 43.4 Å². The van der Waals surface area contributed by atoms with Gasteiger partial charge < -0.3 is 5.32 Å². The summed E-state index contributed by atoms with van der Waals surface area (Å²) in [4.78, 5) is 12.0. The number of halogens is 2. The number of thiocarbonyl (C=S) groups is 1. The molecule has 3 nitrogen and oxygen atoms in total. The average molecular weight is 337 g/mol. The standard InChI is InChI=1S/C16H14ClFN2OS/c1-10-2-4-11(5-3-10)15(21)20-16(22)19-9-12-6-7-13(17)8-14(12)18/h2-8H,9H2,1H3,(H2,19,20,21,22). The summed E-state index contributed by atoms with van der Waals surface area (Å²) in [5.41, 5.74) is 1.99. The number of nitrogens with one attached hydrogen (secondary N) is 2. The van der Waals surface area contributed by atoms with Gasteiger partial charge in [-0.25, -0.2) is 4.39 Å². The lowest BCUT2D eigenvalue weighted by Gasteiger charge is -2.10. The summed E-state index contributed by atoms with van der Waals surface area (Å²) in [6.07, 6.45) is 0. The van der Waals surface area contributed by atoms with Gasteiger partial charge in [-0.3, -0.25) is 10.1 Å². The quantitative estimate of drug-likeness (QED) is 0.842. The smallest absolute Gasteiger partial charge is 0.257 e. The fourth-order valence-electron chi connectivity index (χ4n) is 1.76. The molecule has 6 heteroatoms. The highest BCUT2D eigenvalue weighted by molar-refractivity contribution is 7.80. The van der Waals surface area contributed by atoms with Crippen molar-refractivity contribution in [3.05, 3.63) is 70.0 Å². The Balaban J connectivity index is 1.90. The Morgan fingerprint density at radius 3 is 2.55 bits per heavy atom. The number of carbonyl (C=O) groups excluding carboxylic acids is 1. The number of aryl methyl sites for hydroxylation is 1. The highest BCUT2D eigenvalue weighted by Gasteiger charge is 2.08. The minimum Gasteiger partial charge on any atom is -0.358 e. The number of rotatable bonds is 3. The summed E-state index contributed by atoms with van der Waals surface area (Å²) in [6, 6.07) is 11.5. The molecule has 0 saturated heterocycles. The van der Waals surface area contributed by atoms with Crippen molar-refractivity contribution in [3.8, 4) is 0 Å². The topological polar surface area (TPSA) is 41.1 Å². The Bertz CT molecular complexity index is 704. The number of benzene rings is 2. The first kappa shape index (κ1) is 16.4. The van der Waals surface area contributed by atoms with Crippen LogP contribution in [0.25, 0.3) is 0 Å². The third kappa shape index (κ3) is 4.51. The third-order valence-electron chi connectivity index (χ3n) is 3.00. The van der Waals surface area contributed by atoms with Crippen LogP contribution >= 0.6 is 23.8 Å². The summed E-state index contributed by atoms with van der Waals surface area (Å²) >= 11 is 10.7. The Labute approximate surface area is 138 Å². The van der Waals surface area contributed by atoms with Crippen LogP contribution in [0.2, 0.25) is 5.02 Å². The lowest BCUT2D eigenvalue weighted by atomic mass is 10.1. The van der Waals surface area contributed by atoms with Gasteiger partial charge in [0.1, 0.15) is 5.82 Å². The molecule has 0 heterocycles. The van der Waals surface area contributed by atoms with E-state index >= 15 is 0 Å². The molecule has 0 bridgehead atoms. The van der Waals surface area contributed by atoms with E-state index in [0.717, 1.165) is 5.56 Å². The molecule has 0 aliphatic heterocycles. The molecular formula is C16H14ClFN2OS. The van der Waals surface area contributed by atoms with Gasteiger partial charge in [0.15, 0.2) is 5.11 Å². The molecule has 0 radical (unpaired) electrons. The lowest BCUT2D eigenvalue weighted by molar-refractivity contribution is 0.0976. The maximum atomic E-state index is 13.6. The van der Waals surface area contributed by atoms with Gasteiger partial charge in [0.2, 0.25) is 0 Å². The maximum Gasteiger partial charge on any atom is 0.257 e. The highest BCUT2D eigenvalue weighted by atomic mass is 35.5. The summed E-state index contributed by atoms with van der Waals surface area (Å²) < 4.78 is 13.6. The van der Waals surface area contributed by atoms with Crippen LogP contribution in [0.4, 0.5) is 4.39 Å². The van der Waals surface area contributed by atoms with E-state index in [9.17, 15) is 9.18 Å². The zero-order valence-corrected chi connectivity index (χ0v) is 13.4. The first-order chi connectivity index (χ1) is 10.5. The molecule has 2 N–H and O–H groups in total. The van der Waals surface area contributed by atoms with Crippen molar-refractivity contribution in [2.24, 2.45) is 0 Å². The van der Waals surface area contributed by atoms with Crippen LogP contribution in [0, 0.1) is 12.7 Å². The lowest BCUT2D eigenvalue weighted by Crippen LogP contribution is -2.38. The van der Waals surface area contributed by atoms with E-state index in [-0.39, 0.29) is 17.6 Å². The SMILES string of the molecule is Cc1ccc(C(=O)NC(=S)NCc2ccc(Cl)cc2F)cc1. The molecule has 114 valence electrons. The highest BCUT2D eigenvalue weighted by Crippen LogP contribution is 2.14. The molecule has 0 atom stereocenters. The minimum absolute atomic E-state index is 0.139. The Morgan fingerprint density at radius 2 is 1.91 bits per heavy atom. The van der Waals surface area contributed by atoms with Crippen molar-refractivity contribution in [2.45, 2.75) is 13.5 Å². The summed E-state index contributed by atoms with van der Waals surface area (Å²) in [5, 5.41) is 5.81. The maximum absolute atomic E-state index is 13.6. The third-order valence-corrected chi connectivity index (χ3v) is 3.48. The van der Waals surface area contributed by atoms with E-state index in [1.807, 2.05) is 19.1 Å². The summed E-state index contributed by atoms with van der Waals surface area (Å²) in [5.74, 6) is -0.735. The molecule has 0 aromatic heterocycles. The van der Waals surface area contributed by atoms with Crippen LogP contribution in [-0.4, -0.2) is 11.0 Å². The molecule has 2 aromatic carbocycles. The van der Waals surface area contributed by atoms with Crippen LogP contribution in [0.15, 0.2) is 42.5 Å². The molecule has 1 amide bonds. The van der Waals surface area contributed by atoms with Gasteiger partial charge in [0.05, 0.1) is 0 Å². The van der Waals surface area contributed by atoms with Crippen molar-refractivity contribution >= 4 is 34.8 Å². The Morgan fingerprint density at radius 1 is 1.23 bits per heavy atom. The number of hydrogen-bond donors (Lipinski definition) is 2. The van der Waals surface area contributed by atoms with E-state index in [2.05, 4.69) is 10.6 Å². The number of hydrogen-bond acceptors (Lipinski definition) is 2. The summed E-state index contributed by atoms with van der Waals surface area (Å²) in [6.45, 7) is 2.10. The second kappa shape index (κ2) is 7.33. The normalized spacial score (nSPS) is 10.1. The molecule has 0 fully saturated rings. The van der Waals surface area contributed by atoms with Crippen molar-refractivity contribution in [1.82, 2.24) is 10.6 Å². The zero-order chi connectivity index (χ0) is 16.1. The second-order valence-corrected chi connectivity index (χ2v) is 5.58. The molecule has 2 rings (SSSR count). The van der Waals surface area contributed by atoms with Crippen LogP contribution in [0.5, 0.6) is 0 Å². The van der Waals surface area contributed by atoms with Crippen LogP contribution < -0.4 is 10.6 Å². The van der Waals surface area contributed by atoms with Crippen molar-refractivity contribution in [1.29, 1.82) is 0 Å². The minimum atomic E-state index is -0.423. The predicted molar refractivity (Wildman–Crippen MR) is 89.5 cm³/mol. The molecule has 0 aliphatic rings. The fraction of sp³-hybridized carbons (Fsp3) is 0.125. The first-order valence-corrected chi connectivity index (χ1v) is 7.34. The monoisotopic (exact) mass is 336 g/mol. The molecular weight excluding hydrogens is 323 g/mol. The summed E-state index contributed by atoms with van der Waals surface area (Å²) in [7, 11) is 0. The number of carbonyl (C=O) groups is 1. The second-order valence-electron chi connectivity index (χ2n) is 4.74. The Kier molecular flexibility index (Phi) is 5.46. The zero-order valence-electron chi connectivity index (χ0n) is 11.8. The molecule has 0 spiro atoms. The Hall–Kier alpha value is -1.98. The predicted octanol–water partition coefficient (Wildman–Crippen LogP) is 3.59. The average Bonchev–Trinajstić information content (AvgIpc) is 2.47. The fourth-order valence-corrected chi connectivity index (χ4v) is 2.09. The van der Waals surface area contributed by atoms with Gasteiger partial charge in [-0.15, -0.1) is 0 Å². The molecule has 0 unspecified atom stereocenters. The van der Waals surface area contributed by atoms with Crippen molar-refractivity contribution in [3.63, 3.8) is 0 Å². The van der Waals surface area contributed by atoms with Crippen molar-refractivity contribution < 1.29 is 9.18 Å². The largest absolute Gasteiger partial charge is 0.358 e. The van der Waals surface area contributed by atoms with Gasteiger partial charge in [0, 0.05) is 22.7 Å². The molecule has 2 aromatic rings. The van der Waals surface area contributed by atoms with Crippen LogP contribution in [0.1, 0.15) is 21.5 Å². The molecule has 22 heavy (non-hydrogen) atoms. The number of amides is 1. The van der Waals surface area contributed by atoms with E-state index in [1.165, 1.54) is 6.07 Å². The van der Waals surface area contributed by atoms with Crippen LogP contribution in [0.3, 0.4) is 0 Å². The molecule has 0 aliphatic carbocycles. The van der Waals surface area contributed by atoms with E-state index < -0.39 is 5.82 Å². The molecule has 0 saturated carbocycles. The van der Waals surface area contributed by atoms with Gasteiger partial charge >= 0.3 is 0 Å². The van der Waals surface area contributed by atoms with Gasteiger partial charge in [0.25, 0.3) is 5.91 Å². The van der Waals surface area contributed by atoms with E-state index in [4.69, 9.17) is 23.8 Å². The van der Waals surface area contributed by atoms with Gasteiger partial charge in [-0.2, -0.15) is 0 Å². The van der Waals surface area contributed by atoms with E-state index in [1.54, 1.807) is 24.3 Å². The van der Waals surface area contributed by atoms with Gasteiger partial charge in [-0.1, -0.05) is 35.4 Å². The first-order valence-electron chi connectivity index (χ1n) is 6.55. The van der Waals surface area contributed by atoms with Crippen molar-refractivity contribution in [2.75, 3.05) is 0 Å². The van der Waals surface area contributed by atoms with E-state index in [0.29, 0.717) is 16.1 Å². The van der Waals surface area contributed by atoms with Crippen LogP contribution in [-0.2, 0) is 6.54 Å².